The first kappa shape index (κ1) is 15.5. The first-order valence-corrected chi connectivity index (χ1v) is 7.03. The van der Waals surface area contributed by atoms with E-state index in [0.29, 0.717) is 28.7 Å². The highest BCUT2D eigenvalue weighted by Crippen LogP contribution is 2.22. The Balaban J connectivity index is 2.31. The maximum Gasteiger partial charge on any atom is 0.134 e. The molecule has 0 bridgehead atoms. The molecule has 1 saturated carbocycles. The molecule has 0 aromatic carbocycles. The zero-order chi connectivity index (χ0) is 13.5. The van der Waals surface area contributed by atoms with E-state index in [1.807, 2.05) is 0 Å². The molecular formula is C12H22BrN3O2. The summed E-state index contributed by atoms with van der Waals surface area (Å²) < 4.78 is 6.13. The molecule has 1 rings (SSSR count). The zero-order valence-electron chi connectivity index (χ0n) is 10.7. The number of aliphatic hydroxyl groups is 1. The van der Waals surface area contributed by atoms with Crippen LogP contribution in [0.3, 0.4) is 0 Å². The molecule has 1 fully saturated rings. The van der Waals surface area contributed by atoms with Crippen molar-refractivity contribution in [3.8, 4) is 0 Å². The van der Waals surface area contributed by atoms with Gasteiger partial charge in [0.1, 0.15) is 5.84 Å². The van der Waals surface area contributed by atoms with Crippen molar-refractivity contribution in [1.29, 1.82) is 5.41 Å². The Hall–Kier alpha value is -0.590. The van der Waals surface area contributed by atoms with E-state index in [2.05, 4.69) is 21.2 Å². The smallest absolute Gasteiger partial charge is 0.134 e. The molecule has 0 amide bonds. The van der Waals surface area contributed by atoms with Gasteiger partial charge in [-0.05, 0) is 48.5 Å². The highest BCUT2D eigenvalue weighted by molar-refractivity contribution is 9.12. The lowest BCUT2D eigenvalue weighted by Crippen LogP contribution is -2.39. The van der Waals surface area contributed by atoms with E-state index in [0.717, 1.165) is 25.7 Å². The van der Waals surface area contributed by atoms with Crippen molar-refractivity contribution in [2.24, 2.45) is 5.73 Å². The Morgan fingerprint density at radius 2 is 2.06 bits per heavy atom. The molecule has 1 aliphatic rings. The van der Waals surface area contributed by atoms with Crippen molar-refractivity contribution in [3.05, 3.63) is 10.2 Å². The van der Waals surface area contributed by atoms with Crippen LogP contribution in [-0.2, 0) is 4.74 Å². The molecule has 0 unspecified atom stereocenters. The van der Waals surface area contributed by atoms with Crippen LogP contribution in [0, 0.1) is 5.41 Å². The summed E-state index contributed by atoms with van der Waals surface area (Å²) in [5, 5.41) is 19.7. The summed E-state index contributed by atoms with van der Waals surface area (Å²) in [4.78, 5) is 0. The number of hydrogen-bond donors (Lipinski definition) is 4. The van der Waals surface area contributed by atoms with E-state index < -0.39 is 0 Å². The van der Waals surface area contributed by atoms with Gasteiger partial charge in [-0.25, -0.2) is 0 Å². The highest BCUT2D eigenvalue weighted by Gasteiger charge is 2.22. The molecule has 1 aliphatic carbocycles. The highest BCUT2D eigenvalue weighted by atomic mass is 79.9. The van der Waals surface area contributed by atoms with E-state index in [1.54, 1.807) is 6.92 Å². The van der Waals surface area contributed by atoms with Crippen LogP contribution in [0.1, 0.15) is 32.6 Å². The molecule has 5 nitrogen and oxygen atoms in total. The van der Waals surface area contributed by atoms with Gasteiger partial charge in [-0.15, -0.1) is 0 Å². The number of aliphatic hydroxyl groups excluding tert-OH is 1. The summed E-state index contributed by atoms with van der Waals surface area (Å²) in [5.41, 5.74) is 6.23. The second kappa shape index (κ2) is 7.76. The molecule has 104 valence electrons. The number of ether oxygens (including phenoxy) is 1. The fourth-order valence-corrected chi connectivity index (χ4v) is 2.17. The molecule has 18 heavy (non-hydrogen) atoms. The lowest BCUT2D eigenvalue weighted by Gasteiger charge is -2.29. The standard InChI is InChI=1S/C12H22BrN3O2/c1-8(14)11(13)12(15)16-9-2-4-10(5-3-9)18-7-6-17/h9-10,17H,2-7,14H2,1H3,(H2,15,16)/b11-8+/t9-,10+. The third-order valence-electron chi connectivity index (χ3n) is 3.03. The summed E-state index contributed by atoms with van der Waals surface area (Å²) in [6, 6.07) is 0.304. The van der Waals surface area contributed by atoms with Crippen LogP contribution >= 0.6 is 15.9 Å². The Morgan fingerprint density at radius 3 is 2.56 bits per heavy atom. The second-order valence-corrected chi connectivity index (χ2v) is 5.38. The van der Waals surface area contributed by atoms with Gasteiger partial charge in [0.15, 0.2) is 0 Å². The predicted octanol–water partition coefficient (Wildman–Crippen LogP) is 1.46. The third-order valence-corrected chi connectivity index (χ3v) is 4.06. The van der Waals surface area contributed by atoms with Gasteiger partial charge in [0.2, 0.25) is 0 Å². The van der Waals surface area contributed by atoms with E-state index in [4.69, 9.17) is 21.0 Å². The van der Waals surface area contributed by atoms with Gasteiger partial charge in [0.25, 0.3) is 0 Å². The predicted molar refractivity (Wildman–Crippen MR) is 75.8 cm³/mol. The van der Waals surface area contributed by atoms with Gasteiger partial charge in [-0.2, -0.15) is 0 Å². The monoisotopic (exact) mass is 319 g/mol. The van der Waals surface area contributed by atoms with Crippen LogP contribution in [0.4, 0.5) is 0 Å². The molecule has 6 heteroatoms. The topological polar surface area (TPSA) is 91.4 Å². The number of rotatable bonds is 5. The quantitative estimate of drug-likeness (QED) is 0.456. The van der Waals surface area contributed by atoms with Crippen molar-refractivity contribution in [1.82, 2.24) is 5.32 Å². The number of nitrogens with two attached hydrogens (primary N) is 1. The van der Waals surface area contributed by atoms with Crippen molar-refractivity contribution in [2.45, 2.75) is 44.8 Å². The summed E-state index contributed by atoms with van der Waals surface area (Å²) in [5.74, 6) is 0.342. The van der Waals surface area contributed by atoms with Crippen LogP contribution in [0.25, 0.3) is 0 Å². The lowest BCUT2D eigenvalue weighted by atomic mass is 9.93. The number of amidine groups is 1. The minimum atomic E-state index is 0.0797. The van der Waals surface area contributed by atoms with Gasteiger partial charge in [0, 0.05) is 11.7 Å². The number of halogens is 1. The van der Waals surface area contributed by atoms with E-state index >= 15 is 0 Å². The molecule has 0 radical (unpaired) electrons. The largest absolute Gasteiger partial charge is 0.401 e. The van der Waals surface area contributed by atoms with Gasteiger partial charge in [-0.1, -0.05) is 0 Å². The molecule has 5 N–H and O–H groups in total. The number of hydrogen-bond acceptors (Lipinski definition) is 4. The van der Waals surface area contributed by atoms with Gasteiger partial charge < -0.3 is 20.9 Å². The molecule has 0 aliphatic heterocycles. The number of allylic oxidation sites excluding steroid dienone is 1. The molecule has 0 aromatic rings. The zero-order valence-corrected chi connectivity index (χ0v) is 12.3. The SMILES string of the molecule is C/C(N)=C(\Br)C(=N)N[C@H]1CC[C@@H](OCCO)CC1. The molecule has 0 aromatic heterocycles. The second-order valence-electron chi connectivity index (χ2n) is 4.58. The third kappa shape index (κ3) is 4.96. The minimum absolute atomic E-state index is 0.0797. The summed E-state index contributed by atoms with van der Waals surface area (Å²) >= 11 is 3.30. The van der Waals surface area contributed by atoms with E-state index in [-0.39, 0.29) is 12.7 Å². The van der Waals surface area contributed by atoms with Crippen molar-refractivity contribution < 1.29 is 9.84 Å². The molecule has 0 spiro atoms. The molecular weight excluding hydrogens is 298 g/mol. The van der Waals surface area contributed by atoms with Crippen LogP contribution in [0.15, 0.2) is 10.2 Å². The Labute approximate surface area is 116 Å². The summed E-state index contributed by atoms with van der Waals surface area (Å²) in [6.07, 6.45) is 4.13. The Bertz CT molecular complexity index is 308. The lowest BCUT2D eigenvalue weighted by molar-refractivity contribution is 0.00518. The Kier molecular flexibility index (Phi) is 6.67. The van der Waals surface area contributed by atoms with Crippen molar-refractivity contribution in [2.75, 3.05) is 13.2 Å². The Morgan fingerprint density at radius 1 is 1.44 bits per heavy atom. The van der Waals surface area contributed by atoms with Crippen LogP contribution < -0.4 is 11.1 Å². The van der Waals surface area contributed by atoms with Crippen LogP contribution in [0.5, 0.6) is 0 Å². The molecule has 0 saturated heterocycles. The average Bonchev–Trinajstić information content (AvgIpc) is 2.36. The van der Waals surface area contributed by atoms with Gasteiger partial charge >= 0.3 is 0 Å². The van der Waals surface area contributed by atoms with Crippen molar-refractivity contribution >= 4 is 21.8 Å². The molecule has 0 atom stereocenters. The van der Waals surface area contributed by atoms with Crippen LogP contribution in [-0.4, -0.2) is 36.3 Å². The van der Waals surface area contributed by atoms with Gasteiger partial charge in [-0.3, -0.25) is 5.41 Å². The minimum Gasteiger partial charge on any atom is -0.401 e. The summed E-state index contributed by atoms with van der Waals surface area (Å²) in [6.45, 7) is 2.26. The van der Waals surface area contributed by atoms with Gasteiger partial charge in [0.05, 0.1) is 23.8 Å². The maximum atomic E-state index is 8.69. The maximum absolute atomic E-state index is 8.69. The number of nitrogens with one attached hydrogen (secondary N) is 2. The van der Waals surface area contributed by atoms with Crippen LogP contribution in [0.2, 0.25) is 0 Å². The first-order chi connectivity index (χ1) is 8.54. The average molecular weight is 320 g/mol. The molecule has 0 heterocycles. The fourth-order valence-electron chi connectivity index (χ4n) is 2.06. The van der Waals surface area contributed by atoms with Crippen molar-refractivity contribution in [3.63, 3.8) is 0 Å². The fraction of sp³-hybridized carbons (Fsp3) is 0.750. The van der Waals surface area contributed by atoms with E-state index in [9.17, 15) is 0 Å². The summed E-state index contributed by atoms with van der Waals surface area (Å²) in [7, 11) is 0. The first-order valence-electron chi connectivity index (χ1n) is 6.24. The normalized spacial score (nSPS) is 25.5. The van der Waals surface area contributed by atoms with E-state index in [1.165, 1.54) is 0 Å².